The maximum Gasteiger partial charge on any atom is 0.243 e. The summed E-state index contributed by atoms with van der Waals surface area (Å²) in [4.78, 5) is 26.3. The lowest BCUT2D eigenvalue weighted by atomic mass is 9.84. The molecule has 0 aromatic heterocycles. The first-order valence-corrected chi connectivity index (χ1v) is 9.19. The number of piperidine rings is 1. The van der Waals surface area contributed by atoms with Gasteiger partial charge in [0.15, 0.2) is 0 Å². The largest absolute Gasteiger partial charge is 0.336 e. The molecule has 1 heterocycles. The standard InChI is InChI=1S/C20H31N3O2/c1-14-6-5-7-15(2)20(14)22-18(24)13-23(4)19(25)12-16(3)17-8-10-21-11-9-17/h5-7,16-17,21H,8-13H2,1-4H3,(H,22,24). The van der Waals surface area contributed by atoms with Crippen LogP contribution < -0.4 is 10.6 Å². The molecule has 0 aliphatic carbocycles. The summed E-state index contributed by atoms with van der Waals surface area (Å²) in [5.74, 6) is 0.853. The number of aryl methyl sites for hydroxylation is 2. The first kappa shape index (κ1) is 19.4. The molecule has 1 aliphatic rings. The van der Waals surface area contributed by atoms with Gasteiger partial charge in [-0.1, -0.05) is 25.1 Å². The lowest BCUT2D eigenvalue weighted by Gasteiger charge is -2.29. The number of nitrogens with zero attached hydrogens (tertiary/aromatic N) is 1. The van der Waals surface area contributed by atoms with Gasteiger partial charge < -0.3 is 15.5 Å². The van der Waals surface area contributed by atoms with Gasteiger partial charge in [-0.2, -0.15) is 0 Å². The highest BCUT2D eigenvalue weighted by molar-refractivity contribution is 5.95. The van der Waals surface area contributed by atoms with Gasteiger partial charge >= 0.3 is 0 Å². The number of benzene rings is 1. The smallest absolute Gasteiger partial charge is 0.243 e. The first-order valence-electron chi connectivity index (χ1n) is 9.19. The molecule has 138 valence electrons. The van der Waals surface area contributed by atoms with Gasteiger partial charge in [0.25, 0.3) is 0 Å². The normalized spacial score (nSPS) is 16.3. The quantitative estimate of drug-likeness (QED) is 0.833. The Hall–Kier alpha value is -1.88. The van der Waals surface area contributed by atoms with E-state index in [2.05, 4.69) is 17.6 Å². The summed E-state index contributed by atoms with van der Waals surface area (Å²) in [5.41, 5.74) is 2.90. The molecule has 1 unspecified atom stereocenters. The highest BCUT2D eigenvalue weighted by atomic mass is 16.2. The van der Waals surface area contributed by atoms with Crippen LogP contribution in [0.2, 0.25) is 0 Å². The third-order valence-corrected chi connectivity index (χ3v) is 5.24. The van der Waals surface area contributed by atoms with E-state index in [9.17, 15) is 9.59 Å². The summed E-state index contributed by atoms with van der Waals surface area (Å²) < 4.78 is 0. The van der Waals surface area contributed by atoms with Gasteiger partial charge in [-0.15, -0.1) is 0 Å². The van der Waals surface area contributed by atoms with Crippen molar-refractivity contribution in [2.24, 2.45) is 11.8 Å². The van der Waals surface area contributed by atoms with Crippen LogP contribution in [0.1, 0.15) is 37.3 Å². The van der Waals surface area contributed by atoms with Crippen LogP contribution in [-0.2, 0) is 9.59 Å². The summed E-state index contributed by atoms with van der Waals surface area (Å²) in [7, 11) is 1.71. The van der Waals surface area contributed by atoms with Crippen LogP contribution in [0.4, 0.5) is 5.69 Å². The van der Waals surface area contributed by atoms with Gasteiger partial charge in [0.2, 0.25) is 11.8 Å². The molecule has 25 heavy (non-hydrogen) atoms. The van der Waals surface area contributed by atoms with E-state index in [0.717, 1.165) is 42.7 Å². The van der Waals surface area contributed by atoms with Crippen molar-refractivity contribution >= 4 is 17.5 Å². The molecular formula is C20H31N3O2. The average Bonchev–Trinajstić information content (AvgIpc) is 2.59. The number of carbonyl (C=O) groups is 2. The zero-order chi connectivity index (χ0) is 18.4. The van der Waals surface area contributed by atoms with Crippen molar-refractivity contribution in [1.82, 2.24) is 10.2 Å². The van der Waals surface area contributed by atoms with Gasteiger partial charge in [0.1, 0.15) is 0 Å². The predicted octanol–water partition coefficient (Wildman–Crippen LogP) is 2.73. The molecule has 0 radical (unpaired) electrons. The van der Waals surface area contributed by atoms with Gasteiger partial charge in [-0.3, -0.25) is 9.59 Å². The Morgan fingerprint density at radius 1 is 1.24 bits per heavy atom. The maximum absolute atomic E-state index is 12.4. The monoisotopic (exact) mass is 345 g/mol. The van der Waals surface area contributed by atoms with Crippen molar-refractivity contribution in [2.75, 3.05) is 32.0 Å². The van der Waals surface area contributed by atoms with Crippen molar-refractivity contribution in [3.8, 4) is 0 Å². The molecule has 0 bridgehead atoms. The van der Waals surface area contributed by atoms with Gasteiger partial charge in [0, 0.05) is 19.2 Å². The molecular weight excluding hydrogens is 314 g/mol. The Morgan fingerprint density at radius 3 is 2.44 bits per heavy atom. The SMILES string of the molecule is Cc1cccc(C)c1NC(=O)CN(C)C(=O)CC(C)C1CCNCC1. The van der Waals surface area contributed by atoms with Gasteiger partial charge in [-0.25, -0.2) is 0 Å². The number of amides is 2. The van der Waals surface area contributed by atoms with E-state index >= 15 is 0 Å². The van der Waals surface area contributed by atoms with Gasteiger partial charge in [-0.05, 0) is 62.7 Å². The number of hydrogen-bond donors (Lipinski definition) is 2. The molecule has 1 aliphatic heterocycles. The van der Waals surface area contributed by atoms with Crippen molar-refractivity contribution in [2.45, 2.75) is 40.0 Å². The molecule has 1 atom stereocenters. The molecule has 1 fully saturated rings. The summed E-state index contributed by atoms with van der Waals surface area (Å²) in [6.45, 7) is 8.26. The van der Waals surface area contributed by atoms with E-state index in [1.54, 1.807) is 11.9 Å². The summed E-state index contributed by atoms with van der Waals surface area (Å²) in [6, 6.07) is 5.91. The topological polar surface area (TPSA) is 61.4 Å². The molecule has 0 saturated carbocycles. The second kappa shape index (κ2) is 8.99. The third-order valence-electron chi connectivity index (χ3n) is 5.24. The maximum atomic E-state index is 12.4. The Labute approximate surface area is 151 Å². The highest BCUT2D eigenvalue weighted by Gasteiger charge is 2.24. The van der Waals surface area contributed by atoms with Crippen LogP contribution >= 0.6 is 0 Å². The van der Waals surface area contributed by atoms with Crippen LogP contribution in [0.25, 0.3) is 0 Å². The van der Waals surface area contributed by atoms with Crippen LogP contribution in [0, 0.1) is 25.7 Å². The number of nitrogens with one attached hydrogen (secondary N) is 2. The number of likely N-dealkylation sites (N-methyl/N-ethyl adjacent to an activating group) is 1. The molecule has 2 N–H and O–H groups in total. The minimum absolute atomic E-state index is 0.0442. The summed E-state index contributed by atoms with van der Waals surface area (Å²) in [6.07, 6.45) is 2.77. The highest BCUT2D eigenvalue weighted by Crippen LogP contribution is 2.25. The minimum atomic E-state index is -0.150. The fourth-order valence-electron chi connectivity index (χ4n) is 3.51. The van der Waals surface area contributed by atoms with Gasteiger partial charge in [0.05, 0.1) is 6.54 Å². The Kier molecular flexibility index (Phi) is 7.00. The zero-order valence-corrected chi connectivity index (χ0v) is 15.9. The predicted molar refractivity (Wildman–Crippen MR) is 102 cm³/mol. The second-order valence-corrected chi connectivity index (χ2v) is 7.33. The van der Waals surface area contributed by atoms with Crippen LogP contribution in [0.5, 0.6) is 0 Å². The van der Waals surface area contributed by atoms with E-state index in [-0.39, 0.29) is 18.4 Å². The zero-order valence-electron chi connectivity index (χ0n) is 15.9. The molecule has 2 amide bonds. The Morgan fingerprint density at radius 2 is 1.84 bits per heavy atom. The van der Waals surface area contributed by atoms with Crippen molar-refractivity contribution in [3.05, 3.63) is 29.3 Å². The van der Waals surface area contributed by atoms with Crippen LogP contribution in [0.15, 0.2) is 18.2 Å². The van der Waals surface area contributed by atoms with E-state index in [1.165, 1.54) is 0 Å². The molecule has 5 heteroatoms. The fraction of sp³-hybridized carbons (Fsp3) is 0.600. The number of hydrogen-bond acceptors (Lipinski definition) is 3. The van der Waals surface area contributed by atoms with Crippen molar-refractivity contribution < 1.29 is 9.59 Å². The molecule has 0 spiro atoms. The van der Waals surface area contributed by atoms with E-state index in [1.807, 2.05) is 32.0 Å². The second-order valence-electron chi connectivity index (χ2n) is 7.33. The van der Waals surface area contributed by atoms with Crippen LogP contribution in [0.3, 0.4) is 0 Å². The molecule has 5 nitrogen and oxygen atoms in total. The number of carbonyl (C=O) groups excluding carboxylic acids is 2. The van der Waals surface area contributed by atoms with E-state index < -0.39 is 0 Å². The molecule has 1 saturated heterocycles. The first-order chi connectivity index (χ1) is 11.9. The molecule has 1 aromatic rings. The minimum Gasteiger partial charge on any atom is -0.336 e. The Balaban J connectivity index is 1.84. The molecule has 1 aromatic carbocycles. The fourth-order valence-corrected chi connectivity index (χ4v) is 3.51. The van der Waals surface area contributed by atoms with Crippen LogP contribution in [-0.4, -0.2) is 43.4 Å². The third kappa shape index (κ3) is 5.56. The number of rotatable bonds is 6. The summed E-state index contributed by atoms with van der Waals surface area (Å²) >= 11 is 0. The van der Waals surface area contributed by atoms with Crippen molar-refractivity contribution in [1.29, 1.82) is 0 Å². The lowest BCUT2D eigenvalue weighted by Crippen LogP contribution is -2.37. The van der Waals surface area contributed by atoms with E-state index in [4.69, 9.17) is 0 Å². The number of anilines is 1. The molecule has 2 rings (SSSR count). The average molecular weight is 345 g/mol. The van der Waals surface area contributed by atoms with E-state index in [0.29, 0.717) is 18.3 Å². The Bertz CT molecular complexity index is 589. The number of para-hydroxylation sites is 1. The lowest BCUT2D eigenvalue weighted by molar-refractivity contribution is -0.134. The van der Waals surface area contributed by atoms with Crippen molar-refractivity contribution in [3.63, 3.8) is 0 Å². The summed E-state index contributed by atoms with van der Waals surface area (Å²) in [5, 5.41) is 6.30.